The van der Waals surface area contributed by atoms with Gasteiger partial charge in [-0.1, -0.05) is 0 Å². The first-order chi connectivity index (χ1) is 12.6. The summed E-state index contributed by atoms with van der Waals surface area (Å²) in [6.45, 7) is 4.94. The van der Waals surface area contributed by atoms with Crippen LogP contribution >= 0.6 is 0 Å². The zero-order valence-electron chi connectivity index (χ0n) is 15.3. The van der Waals surface area contributed by atoms with Crippen LogP contribution in [0.5, 0.6) is 5.75 Å². The number of aliphatic hydroxyl groups excluding tert-OH is 1. The predicted molar refractivity (Wildman–Crippen MR) is 97.5 cm³/mol. The Labute approximate surface area is 154 Å². The highest BCUT2D eigenvalue weighted by Gasteiger charge is 2.41. The number of β-amino-alcohol motifs (C(OH)–C–C–N with tert-alkyl or cyclic N) is 1. The van der Waals surface area contributed by atoms with Gasteiger partial charge in [0.2, 0.25) is 5.91 Å². The quantitative estimate of drug-likeness (QED) is 0.755. The average Bonchev–Trinajstić information content (AvgIpc) is 2.64. The fourth-order valence-electron chi connectivity index (χ4n) is 4.27. The van der Waals surface area contributed by atoms with E-state index in [1.54, 1.807) is 12.1 Å². The highest BCUT2D eigenvalue weighted by molar-refractivity contribution is 5.77. The van der Waals surface area contributed by atoms with Crippen LogP contribution in [0.3, 0.4) is 0 Å². The Bertz CT molecular complexity index is 595. The number of halogens is 1. The molecule has 0 aliphatic carbocycles. The fourth-order valence-corrected chi connectivity index (χ4v) is 4.27. The summed E-state index contributed by atoms with van der Waals surface area (Å²) in [5, 5.41) is 9.19. The van der Waals surface area contributed by atoms with Gasteiger partial charge in [0.15, 0.2) is 0 Å². The molecule has 0 aromatic heterocycles. The molecule has 2 aliphatic heterocycles. The van der Waals surface area contributed by atoms with Gasteiger partial charge in [-0.3, -0.25) is 4.79 Å². The smallest absolute Gasteiger partial charge is 0.222 e. The maximum Gasteiger partial charge on any atom is 0.222 e. The second-order valence-electron chi connectivity index (χ2n) is 7.57. The predicted octanol–water partition coefficient (Wildman–Crippen LogP) is 2.29. The Hall–Kier alpha value is -1.66. The Morgan fingerprint density at radius 1 is 1.15 bits per heavy atom. The Morgan fingerprint density at radius 3 is 2.73 bits per heavy atom. The number of likely N-dealkylation sites (tertiary alicyclic amines) is 2. The minimum atomic E-state index is -0.253. The van der Waals surface area contributed by atoms with E-state index in [9.17, 15) is 14.3 Å². The van der Waals surface area contributed by atoms with Crippen LogP contribution in [0.15, 0.2) is 24.3 Å². The first kappa shape index (κ1) is 19.1. The first-order valence-corrected chi connectivity index (χ1v) is 9.60. The lowest BCUT2D eigenvalue weighted by molar-refractivity contribution is -0.140. The molecule has 1 amide bonds. The van der Waals surface area contributed by atoms with E-state index in [0.717, 1.165) is 51.9 Å². The zero-order chi connectivity index (χ0) is 18.4. The normalized spacial score (nSPS) is 24.2. The number of hydrogen-bond acceptors (Lipinski definition) is 4. The van der Waals surface area contributed by atoms with Gasteiger partial charge in [-0.05, 0) is 56.5 Å². The molecule has 2 heterocycles. The number of amides is 1. The summed E-state index contributed by atoms with van der Waals surface area (Å²) in [5.74, 6) is 0.624. The van der Waals surface area contributed by atoms with Crippen molar-refractivity contribution in [3.63, 3.8) is 0 Å². The van der Waals surface area contributed by atoms with Crippen LogP contribution in [-0.2, 0) is 4.79 Å². The summed E-state index contributed by atoms with van der Waals surface area (Å²) in [6, 6.07) is 6.12. The number of nitrogens with zero attached hydrogens (tertiary/aromatic N) is 2. The molecule has 6 heteroatoms. The minimum absolute atomic E-state index is 0.0340. The van der Waals surface area contributed by atoms with Gasteiger partial charge in [-0.2, -0.15) is 0 Å². The first-order valence-electron chi connectivity index (χ1n) is 9.60. The van der Waals surface area contributed by atoms with E-state index in [1.807, 2.05) is 4.90 Å². The van der Waals surface area contributed by atoms with Crippen molar-refractivity contribution in [1.29, 1.82) is 0 Å². The average molecular weight is 364 g/mol. The van der Waals surface area contributed by atoms with Crippen molar-refractivity contribution in [3.8, 4) is 5.75 Å². The van der Waals surface area contributed by atoms with Crippen LogP contribution in [0.4, 0.5) is 4.39 Å². The van der Waals surface area contributed by atoms with Crippen LogP contribution in [0.2, 0.25) is 0 Å². The molecule has 2 saturated heterocycles. The number of carbonyl (C=O) groups is 1. The van der Waals surface area contributed by atoms with Crippen molar-refractivity contribution >= 4 is 5.91 Å². The molecular weight excluding hydrogens is 335 g/mol. The lowest BCUT2D eigenvalue weighted by Gasteiger charge is -2.48. The molecule has 26 heavy (non-hydrogen) atoms. The summed E-state index contributed by atoms with van der Waals surface area (Å²) >= 11 is 0. The van der Waals surface area contributed by atoms with Crippen LogP contribution in [-0.4, -0.2) is 66.8 Å². The molecule has 1 unspecified atom stereocenters. The molecule has 1 N–H and O–H groups in total. The zero-order valence-corrected chi connectivity index (χ0v) is 15.3. The monoisotopic (exact) mass is 364 g/mol. The number of ether oxygens (including phenoxy) is 1. The van der Waals surface area contributed by atoms with Gasteiger partial charge in [-0.15, -0.1) is 0 Å². The standard InChI is InChI=1S/C20H29FN2O3/c21-17-3-5-18(6-4-17)26-14-2-11-22-10-1-8-20(15-22)9-7-19(25)23(16-20)12-13-24/h3-6,24H,1-2,7-16H2. The maximum absolute atomic E-state index is 12.9. The van der Waals surface area contributed by atoms with E-state index in [0.29, 0.717) is 25.3 Å². The number of benzene rings is 1. The van der Waals surface area contributed by atoms with E-state index < -0.39 is 0 Å². The topological polar surface area (TPSA) is 53.0 Å². The van der Waals surface area contributed by atoms with E-state index in [-0.39, 0.29) is 23.7 Å². The van der Waals surface area contributed by atoms with Gasteiger partial charge in [0.05, 0.1) is 13.2 Å². The molecule has 5 nitrogen and oxygen atoms in total. The van der Waals surface area contributed by atoms with Crippen LogP contribution < -0.4 is 4.74 Å². The molecule has 1 aromatic rings. The molecule has 1 aromatic carbocycles. The summed E-state index contributed by atoms with van der Waals surface area (Å²) in [7, 11) is 0. The van der Waals surface area contributed by atoms with E-state index in [2.05, 4.69) is 4.90 Å². The van der Waals surface area contributed by atoms with Gasteiger partial charge in [0.1, 0.15) is 11.6 Å². The minimum Gasteiger partial charge on any atom is -0.494 e. The van der Waals surface area contributed by atoms with Gasteiger partial charge >= 0.3 is 0 Å². The lowest BCUT2D eigenvalue weighted by Crippen LogP contribution is -2.54. The van der Waals surface area contributed by atoms with Gasteiger partial charge < -0.3 is 19.6 Å². The molecule has 1 spiro atoms. The van der Waals surface area contributed by atoms with Crippen LogP contribution in [0.1, 0.15) is 32.1 Å². The van der Waals surface area contributed by atoms with Crippen molar-refractivity contribution < 1.29 is 19.0 Å². The van der Waals surface area contributed by atoms with Crippen LogP contribution in [0, 0.1) is 11.2 Å². The van der Waals surface area contributed by atoms with Gasteiger partial charge in [0, 0.05) is 38.0 Å². The van der Waals surface area contributed by atoms with Gasteiger partial charge in [-0.25, -0.2) is 4.39 Å². The second kappa shape index (κ2) is 8.82. The molecule has 144 valence electrons. The van der Waals surface area contributed by atoms with Crippen molar-refractivity contribution in [2.24, 2.45) is 5.41 Å². The highest BCUT2D eigenvalue weighted by Crippen LogP contribution is 2.38. The summed E-state index contributed by atoms with van der Waals surface area (Å²) in [5.41, 5.74) is 0.180. The van der Waals surface area contributed by atoms with Gasteiger partial charge in [0.25, 0.3) is 0 Å². The fraction of sp³-hybridized carbons (Fsp3) is 0.650. The van der Waals surface area contributed by atoms with E-state index in [4.69, 9.17) is 4.74 Å². The Morgan fingerprint density at radius 2 is 1.96 bits per heavy atom. The third-order valence-electron chi connectivity index (χ3n) is 5.56. The molecule has 3 rings (SSSR count). The number of piperidine rings is 2. The second-order valence-corrected chi connectivity index (χ2v) is 7.57. The highest BCUT2D eigenvalue weighted by atomic mass is 19.1. The maximum atomic E-state index is 12.9. The summed E-state index contributed by atoms with van der Waals surface area (Å²) in [4.78, 5) is 16.3. The molecule has 0 bridgehead atoms. The number of hydrogen-bond donors (Lipinski definition) is 1. The molecular formula is C20H29FN2O3. The molecule has 2 fully saturated rings. The molecule has 0 saturated carbocycles. The van der Waals surface area contributed by atoms with E-state index >= 15 is 0 Å². The van der Waals surface area contributed by atoms with Crippen molar-refractivity contribution in [2.75, 3.05) is 45.9 Å². The SMILES string of the molecule is O=C1CCC2(CCCN(CCCOc3ccc(F)cc3)C2)CN1CCO. The van der Waals surface area contributed by atoms with Crippen molar-refractivity contribution in [3.05, 3.63) is 30.1 Å². The number of carbonyl (C=O) groups excluding carboxylic acids is 1. The van der Waals surface area contributed by atoms with Crippen LogP contribution in [0.25, 0.3) is 0 Å². The number of aliphatic hydroxyl groups is 1. The third-order valence-corrected chi connectivity index (χ3v) is 5.56. The molecule has 0 radical (unpaired) electrons. The van der Waals surface area contributed by atoms with E-state index in [1.165, 1.54) is 12.1 Å². The Balaban J connectivity index is 1.44. The van der Waals surface area contributed by atoms with Crippen molar-refractivity contribution in [2.45, 2.75) is 32.1 Å². The van der Waals surface area contributed by atoms with Crippen molar-refractivity contribution in [1.82, 2.24) is 9.80 Å². The molecule has 2 aliphatic rings. The number of rotatable bonds is 7. The third kappa shape index (κ3) is 4.95. The summed E-state index contributed by atoms with van der Waals surface area (Å²) < 4.78 is 18.6. The molecule has 1 atom stereocenters. The Kier molecular flexibility index (Phi) is 6.48. The lowest BCUT2D eigenvalue weighted by atomic mass is 9.73. The largest absolute Gasteiger partial charge is 0.494 e. The summed E-state index contributed by atoms with van der Waals surface area (Å²) in [6.07, 6.45) is 4.79.